The highest BCUT2D eigenvalue weighted by molar-refractivity contribution is 14.0. The smallest absolute Gasteiger partial charge is 0.191 e. The molecule has 1 atom stereocenters. The molecule has 1 aromatic carbocycles. The minimum Gasteiger partial charge on any atom is -0.378 e. The van der Waals surface area contributed by atoms with Gasteiger partial charge in [0, 0.05) is 37.6 Å². The van der Waals surface area contributed by atoms with E-state index in [1.54, 1.807) is 0 Å². The lowest BCUT2D eigenvalue weighted by molar-refractivity contribution is 0.157. The molecule has 0 bridgehead atoms. The Labute approximate surface area is 179 Å². The average Bonchev–Trinajstić information content (AvgIpc) is 3.06. The van der Waals surface area contributed by atoms with Crippen molar-refractivity contribution in [3.63, 3.8) is 0 Å². The van der Waals surface area contributed by atoms with Crippen LogP contribution in [0.5, 0.6) is 0 Å². The summed E-state index contributed by atoms with van der Waals surface area (Å²) in [6.45, 7) is 5.91. The fourth-order valence-electron chi connectivity index (χ4n) is 2.80. The molecule has 1 aliphatic heterocycles. The van der Waals surface area contributed by atoms with E-state index in [0.29, 0.717) is 19.2 Å². The molecule has 9 heteroatoms. The van der Waals surface area contributed by atoms with Crippen molar-refractivity contribution in [2.45, 2.75) is 19.4 Å². The first-order chi connectivity index (χ1) is 12.5. The molecule has 1 aliphatic rings. The number of guanidine groups is 1. The van der Waals surface area contributed by atoms with Crippen LogP contribution in [-0.4, -0.2) is 71.8 Å². The molecule has 0 radical (unpaired) electrons. The lowest BCUT2D eigenvalue weighted by atomic mass is 10.3. The molecule has 27 heavy (non-hydrogen) atoms. The SMILES string of the molecule is CCNC(=NCCOCCS(C)(=O)=O)NC1CCN(c2ccccc2)C1.I. The fraction of sp³-hybridized carbons (Fsp3) is 0.611. The lowest BCUT2D eigenvalue weighted by Crippen LogP contribution is -2.44. The molecule has 1 saturated heterocycles. The van der Waals surface area contributed by atoms with Gasteiger partial charge in [0.25, 0.3) is 0 Å². The number of aliphatic imine (C=N–C) groups is 1. The van der Waals surface area contributed by atoms with Gasteiger partial charge in [-0.15, -0.1) is 24.0 Å². The number of sulfone groups is 1. The molecule has 0 saturated carbocycles. The summed E-state index contributed by atoms with van der Waals surface area (Å²) in [5, 5.41) is 6.73. The molecule has 2 rings (SSSR count). The summed E-state index contributed by atoms with van der Waals surface area (Å²) in [5.74, 6) is 0.825. The van der Waals surface area contributed by atoms with Crippen molar-refractivity contribution in [2.75, 3.05) is 56.3 Å². The number of rotatable bonds is 9. The maximum absolute atomic E-state index is 11.0. The van der Waals surface area contributed by atoms with E-state index in [-0.39, 0.29) is 36.3 Å². The van der Waals surface area contributed by atoms with Crippen LogP contribution in [0.1, 0.15) is 13.3 Å². The van der Waals surface area contributed by atoms with Crippen LogP contribution >= 0.6 is 24.0 Å². The monoisotopic (exact) mass is 510 g/mol. The number of hydrogen-bond donors (Lipinski definition) is 2. The molecular weight excluding hydrogens is 479 g/mol. The van der Waals surface area contributed by atoms with E-state index < -0.39 is 9.84 Å². The molecule has 7 nitrogen and oxygen atoms in total. The van der Waals surface area contributed by atoms with Crippen molar-refractivity contribution in [1.29, 1.82) is 0 Å². The predicted molar refractivity (Wildman–Crippen MR) is 122 cm³/mol. The van der Waals surface area contributed by atoms with Crippen molar-refractivity contribution < 1.29 is 13.2 Å². The minimum absolute atomic E-state index is 0. The van der Waals surface area contributed by atoms with Crippen molar-refractivity contribution in [3.05, 3.63) is 30.3 Å². The quantitative estimate of drug-likeness (QED) is 0.227. The van der Waals surface area contributed by atoms with Gasteiger partial charge in [0.1, 0.15) is 9.84 Å². The maximum Gasteiger partial charge on any atom is 0.191 e. The molecule has 154 valence electrons. The number of ether oxygens (including phenoxy) is 1. The Morgan fingerprint density at radius 2 is 2.04 bits per heavy atom. The van der Waals surface area contributed by atoms with E-state index in [2.05, 4.69) is 44.8 Å². The van der Waals surface area contributed by atoms with Crippen LogP contribution in [0.3, 0.4) is 0 Å². The van der Waals surface area contributed by atoms with E-state index in [4.69, 9.17) is 4.74 Å². The van der Waals surface area contributed by atoms with E-state index >= 15 is 0 Å². The molecule has 2 N–H and O–H groups in total. The Bertz CT molecular complexity index is 670. The second-order valence-electron chi connectivity index (χ2n) is 6.41. The van der Waals surface area contributed by atoms with Gasteiger partial charge in [-0.25, -0.2) is 8.42 Å². The molecule has 0 spiro atoms. The summed E-state index contributed by atoms with van der Waals surface area (Å²) in [6.07, 6.45) is 2.27. The topological polar surface area (TPSA) is 83.0 Å². The van der Waals surface area contributed by atoms with Gasteiger partial charge in [0.15, 0.2) is 5.96 Å². The summed E-state index contributed by atoms with van der Waals surface area (Å²) in [4.78, 5) is 6.88. The Balaban J connectivity index is 0.00000364. The number of anilines is 1. The normalized spacial score (nSPS) is 17.5. The van der Waals surface area contributed by atoms with Crippen LogP contribution in [0.15, 0.2) is 35.3 Å². The van der Waals surface area contributed by atoms with E-state index in [0.717, 1.165) is 32.0 Å². The highest BCUT2D eigenvalue weighted by Gasteiger charge is 2.23. The Kier molecular flexibility index (Phi) is 11.0. The number of hydrogen-bond acceptors (Lipinski definition) is 5. The lowest BCUT2D eigenvalue weighted by Gasteiger charge is -2.20. The molecular formula is C18H31IN4O3S. The molecule has 0 aromatic heterocycles. The zero-order chi connectivity index (χ0) is 18.8. The van der Waals surface area contributed by atoms with Gasteiger partial charge in [0.05, 0.1) is 25.5 Å². The highest BCUT2D eigenvalue weighted by atomic mass is 127. The summed E-state index contributed by atoms with van der Waals surface area (Å²) in [5.41, 5.74) is 1.25. The molecule has 1 aromatic rings. The Morgan fingerprint density at radius 1 is 1.30 bits per heavy atom. The summed E-state index contributed by atoms with van der Waals surface area (Å²) in [7, 11) is -2.97. The fourth-order valence-corrected chi connectivity index (χ4v) is 3.22. The summed E-state index contributed by atoms with van der Waals surface area (Å²) >= 11 is 0. The van der Waals surface area contributed by atoms with E-state index in [1.807, 2.05) is 13.0 Å². The summed E-state index contributed by atoms with van der Waals surface area (Å²) < 4.78 is 27.4. The third-order valence-corrected chi connectivity index (χ3v) is 5.01. The van der Waals surface area contributed by atoms with Gasteiger partial charge in [-0.3, -0.25) is 4.99 Å². The highest BCUT2D eigenvalue weighted by Crippen LogP contribution is 2.19. The number of nitrogens with zero attached hydrogens (tertiary/aromatic N) is 2. The first-order valence-corrected chi connectivity index (χ1v) is 11.1. The van der Waals surface area contributed by atoms with Gasteiger partial charge in [-0.2, -0.15) is 0 Å². The predicted octanol–water partition coefficient (Wildman–Crippen LogP) is 1.50. The number of para-hydroxylation sites is 1. The first-order valence-electron chi connectivity index (χ1n) is 9.08. The van der Waals surface area contributed by atoms with Crippen molar-refractivity contribution in [3.8, 4) is 0 Å². The van der Waals surface area contributed by atoms with Gasteiger partial charge in [0.2, 0.25) is 0 Å². The Morgan fingerprint density at radius 3 is 2.70 bits per heavy atom. The third kappa shape index (κ3) is 9.61. The van der Waals surface area contributed by atoms with Crippen LogP contribution in [0.4, 0.5) is 5.69 Å². The number of benzene rings is 1. The molecule has 0 aliphatic carbocycles. The maximum atomic E-state index is 11.0. The van der Waals surface area contributed by atoms with Crippen LogP contribution in [0.2, 0.25) is 0 Å². The van der Waals surface area contributed by atoms with Crippen molar-refractivity contribution >= 4 is 45.5 Å². The average molecular weight is 510 g/mol. The van der Waals surface area contributed by atoms with Gasteiger partial charge < -0.3 is 20.3 Å². The second kappa shape index (κ2) is 12.4. The van der Waals surface area contributed by atoms with E-state index in [9.17, 15) is 8.42 Å². The molecule has 1 heterocycles. The van der Waals surface area contributed by atoms with Crippen LogP contribution in [0, 0.1) is 0 Å². The molecule has 0 amide bonds. The molecule has 1 unspecified atom stereocenters. The zero-order valence-corrected chi connectivity index (χ0v) is 19.2. The van der Waals surface area contributed by atoms with Crippen LogP contribution in [0.25, 0.3) is 0 Å². The number of nitrogens with one attached hydrogen (secondary N) is 2. The van der Waals surface area contributed by atoms with Crippen LogP contribution < -0.4 is 15.5 Å². The third-order valence-electron chi connectivity index (χ3n) is 4.10. The largest absolute Gasteiger partial charge is 0.378 e. The van der Waals surface area contributed by atoms with Gasteiger partial charge in [-0.1, -0.05) is 18.2 Å². The van der Waals surface area contributed by atoms with Crippen molar-refractivity contribution in [1.82, 2.24) is 10.6 Å². The zero-order valence-electron chi connectivity index (χ0n) is 16.1. The minimum atomic E-state index is -2.97. The molecule has 1 fully saturated rings. The standard InChI is InChI=1S/C18H30N4O3S.HI/c1-3-19-18(20-10-12-25-13-14-26(2,23)24)21-16-9-11-22(15-16)17-7-5-4-6-8-17;/h4-8,16H,3,9-15H2,1-2H3,(H2,19,20,21);1H. The summed E-state index contributed by atoms with van der Waals surface area (Å²) in [6, 6.07) is 10.8. The number of halogens is 1. The van der Waals surface area contributed by atoms with Crippen molar-refractivity contribution in [2.24, 2.45) is 4.99 Å². The first kappa shape index (κ1) is 24.0. The van der Waals surface area contributed by atoms with E-state index in [1.165, 1.54) is 11.9 Å². The second-order valence-corrected chi connectivity index (χ2v) is 8.67. The van der Waals surface area contributed by atoms with Gasteiger partial charge >= 0.3 is 0 Å². The van der Waals surface area contributed by atoms with Gasteiger partial charge in [-0.05, 0) is 25.5 Å². The van der Waals surface area contributed by atoms with Crippen LogP contribution in [-0.2, 0) is 14.6 Å². The Hall–Kier alpha value is -1.07.